The second-order valence-corrected chi connectivity index (χ2v) is 3.74. The summed E-state index contributed by atoms with van der Waals surface area (Å²) in [5.74, 6) is -0.606. The third-order valence-corrected chi connectivity index (χ3v) is 2.16. The van der Waals surface area contributed by atoms with Gasteiger partial charge >= 0.3 is 11.7 Å². The molecule has 0 bridgehead atoms. The Morgan fingerprint density at radius 2 is 2.22 bits per heavy atom. The van der Waals surface area contributed by atoms with Gasteiger partial charge in [-0.15, -0.1) is 5.10 Å². The number of H-pyrrole nitrogens is 2. The van der Waals surface area contributed by atoms with Crippen LogP contribution in [0.4, 0.5) is 5.82 Å². The van der Waals surface area contributed by atoms with Crippen LogP contribution in [-0.2, 0) is 9.53 Å². The van der Waals surface area contributed by atoms with Crippen LogP contribution < -0.4 is 16.6 Å². The normalized spacial score (nSPS) is 11.9. The Morgan fingerprint density at radius 3 is 2.83 bits per heavy atom. The average molecular weight is 256 g/mol. The molecule has 0 amide bonds. The standard InChI is InChI=1S/C10H16N4O4/c1-3-4-5-18-9(16)6(2)11-7-8(15)12-10(17)14-13-7/h6H,3-5H2,1-2H3,(H,11,13)(H2,12,14,15,17). The number of aromatic amines is 2. The van der Waals surface area contributed by atoms with Crippen LogP contribution in [0.15, 0.2) is 9.59 Å². The molecule has 1 atom stereocenters. The Labute approximate surface area is 103 Å². The van der Waals surface area contributed by atoms with E-state index >= 15 is 0 Å². The van der Waals surface area contributed by atoms with Crippen molar-refractivity contribution in [2.75, 3.05) is 11.9 Å². The smallest absolute Gasteiger partial charge is 0.342 e. The van der Waals surface area contributed by atoms with Crippen molar-refractivity contribution < 1.29 is 9.53 Å². The van der Waals surface area contributed by atoms with Gasteiger partial charge in [-0.2, -0.15) is 0 Å². The van der Waals surface area contributed by atoms with Crippen LogP contribution in [-0.4, -0.2) is 33.8 Å². The van der Waals surface area contributed by atoms with Crippen LogP contribution in [0.1, 0.15) is 26.7 Å². The molecule has 0 aliphatic carbocycles. The number of hydrogen-bond donors (Lipinski definition) is 3. The summed E-state index contributed by atoms with van der Waals surface area (Å²) in [7, 11) is 0. The molecule has 0 fully saturated rings. The molecule has 3 N–H and O–H groups in total. The molecule has 0 spiro atoms. The molecular weight excluding hydrogens is 240 g/mol. The maximum atomic E-state index is 11.5. The average Bonchev–Trinajstić information content (AvgIpc) is 2.32. The molecular formula is C10H16N4O4. The van der Waals surface area contributed by atoms with Gasteiger partial charge in [-0.3, -0.25) is 9.78 Å². The highest BCUT2D eigenvalue weighted by Gasteiger charge is 2.16. The van der Waals surface area contributed by atoms with Gasteiger partial charge in [0, 0.05) is 0 Å². The van der Waals surface area contributed by atoms with Gasteiger partial charge in [0.05, 0.1) is 6.61 Å². The fourth-order valence-corrected chi connectivity index (χ4v) is 1.15. The Hall–Kier alpha value is -2.12. The Kier molecular flexibility index (Phi) is 5.09. The van der Waals surface area contributed by atoms with Gasteiger partial charge in [0.25, 0.3) is 5.56 Å². The van der Waals surface area contributed by atoms with Crippen molar-refractivity contribution in [2.24, 2.45) is 0 Å². The van der Waals surface area contributed by atoms with Crippen LogP contribution in [0.3, 0.4) is 0 Å². The third kappa shape index (κ3) is 4.04. The van der Waals surface area contributed by atoms with Crippen LogP contribution in [0, 0.1) is 0 Å². The quantitative estimate of drug-likeness (QED) is 0.471. The van der Waals surface area contributed by atoms with Gasteiger partial charge in [-0.1, -0.05) is 13.3 Å². The minimum absolute atomic E-state index is 0.130. The van der Waals surface area contributed by atoms with Crippen molar-refractivity contribution in [1.82, 2.24) is 15.2 Å². The number of anilines is 1. The van der Waals surface area contributed by atoms with Crippen LogP contribution in [0.5, 0.6) is 0 Å². The molecule has 18 heavy (non-hydrogen) atoms. The summed E-state index contributed by atoms with van der Waals surface area (Å²) in [4.78, 5) is 35.5. The van der Waals surface area contributed by atoms with Gasteiger partial charge in [0.1, 0.15) is 6.04 Å². The number of nitrogens with zero attached hydrogens (tertiary/aromatic N) is 1. The van der Waals surface area contributed by atoms with E-state index in [9.17, 15) is 14.4 Å². The lowest BCUT2D eigenvalue weighted by molar-refractivity contribution is -0.144. The molecule has 1 aromatic heterocycles. The number of esters is 1. The number of carbonyl (C=O) groups is 1. The molecule has 1 aromatic rings. The Morgan fingerprint density at radius 1 is 1.50 bits per heavy atom. The first-order chi connectivity index (χ1) is 8.54. The molecule has 0 aromatic carbocycles. The monoisotopic (exact) mass is 256 g/mol. The summed E-state index contributed by atoms with van der Waals surface area (Å²) in [5, 5.41) is 8.12. The Balaban J connectivity index is 2.58. The molecule has 0 aliphatic heterocycles. The summed E-state index contributed by atoms with van der Waals surface area (Å²) in [6.07, 6.45) is 1.71. The van der Waals surface area contributed by atoms with E-state index in [1.54, 1.807) is 6.92 Å². The van der Waals surface area contributed by atoms with E-state index in [-0.39, 0.29) is 5.82 Å². The van der Waals surface area contributed by atoms with Crippen molar-refractivity contribution >= 4 is 11.8 Å². The maximum absolute atomic E-state index is 11.5. The van der Waals surface area contributed by atoms with Crippen molar-refractivity contribution in [1.29, 1.82) is 0 Å². The van der Waals surface area contributed by atoms with Gasteiger partial charge in [-0.25, -0.2) is 14.7 Å². The van der Waals surface area contributed by atoms with Crippen molar-refractivity contribution in [3.8, 4) is 0 Å². The molecule has 100 valence electrons. The largest absolute Gasteiger partial charge is 0.464 e. The first-order valence-electron chi connectivity index (χ1n) is 5.66. The maximum Gasteiger partial charge on any atom is 0.342 e. The van der Waals surface area contributed by atoms with Crippen molar-refractivity contribution in [3.63, 3.8) is 0 Å². The number of hydrogen-bond acceptors (Lipinski definition) is 6. The summed E-state index contributed by atoms with van der Waals surface area (Å²) in [6.45, 7) is 3.87. The first-order valence-corrected chi connectivity index (χ1v) is 5.66. The van der Waals surface area contributed by atoms with Crippen LogP contribution in [0.25, 0.3) is 0 Å². The zero-order valence-electron chi connectivity index (χ0n) is 10.3. The van der Waals surface area contributed by atoms with E-state index in [2.05, 4.69) is 15.5 Å². The number of rotatable bonds is 6. The van der Waals surface area contributed by atoms with Gasteiger partial charge < -0.3 is 10.1 Å². The fourth-order valence-electron chi connectivity index (χ4n) is 1.15. The molecule has 1 heterocycles. The van der Waals surface area contributed by atoms with Gasteiger partial charge in [-0.05, 0) is 13.3 Å². The molecule has 0 saturated heterocycles. The highest BCUT2D eigenvalue weighted by atomic mass is 16.5. The second-order valence-electron chi connectivity index (χ2n) is 3.74. The lowest BCUT2D eigenvalue weighted by atomic mass is 10.3. The summed E-state index contributed by atoms with van der Waals surface area (Å²) >= 11 is 0. The summed E-state index contributed by atoms with van der Waals surface area (Å²) < 4.78 is 4.97. The van der Waals surface area contributed by atoms with E-state index in [1.165, 1.54) is 0 Å². The fraction of sp³-hybridized carbons (Fsp3) is 0.600. The van der Waals surface area contributed by atoms with E-state index in [0.29, 0.717) is 6.61 Å². The molecule has 8 nitrogen and oxygen atoms in total. The molecule has 1 unspecified atom stereocenters. The van der Waals surface area contributed by atoms with Gasteiger partial charge in [0.15, 0.2) is 0 Å². The molecule has 0 saturated carbocycles. The van der Waals surface area contributed by atoms with E-state index in [1.807, 2.05) is 11.9 Å². The third-order valence-electron chi connectivity index (χ3n) is 2.16. The number of nitrogens with one attached hydrogen (secondary N) is 3. The lowest BCUT2D eigenvalue weighted by Crippen LogP contribution is -2.34. The zero-order valence-corrected chi connectivity index (χ0v) is 10.3. The van der Waals surface area contributed by atoms with Crippen LogP contribution >= 0.6 is 0 Å². The first kappa shape index (κ1) is 13.9. The second kappa shape index (κ2) is 6.58. The van der Waals surface area contributed by atoms with E-state index in [4.69, 9.17) is 4.74 Å². The minimum Gasteiger partial charge on any atom is -0.464 e. The summed E-state index contributed by atoms with van der Waals surface area (Å²) in [5.41, 5.74) is -1.39. The molecule has 1 rings (SSSR count). The topological polar surface area (TPSA) is 117 Å². The van der Waals surface area contributed by atoms with Crippen LogP contribution in [0.2, 0.25) is 0 Å². The predicted molar refractivity (Wildman–Crippen MR) is 64.4 cm³/mol. The molecule has 8 heteroatoms. The minimum atomic E-state index is -0.721. The van der Waals surface area contributed by atoms with E-state index < -0.39 is 23.3 Å². The SMILES string of the molecule is CCCCOC(=O)C(C)Nc1n[nH]c(=O)[nH]c1=O. The van der Waals surface area contributed by atoms with Crippen molar-refractivity contribution in [3.05, 3.63) is 20.8 Å². The number of carbonyl (C=O) groups excluding carboxylic acids is 1. The number of unbranched alkanes of at least 4 members (excludes halogenated alkanes) is 1. The number of ether oxygens (including phenoxy) is 1. The highest BCUT2D eigenvalue weighted by Crippen LogP contribution is 1.98. The van der Waals surface area contributed by atoms with Gasteiger partial charge in [0.2, 0.25) is 5.82 Å². The predicted octanol–water partition coefficient (Wildman–Crippen LogP) is -0.398. The zero-order chi connectivity index (χ0) is 13.5. The summed E-state index contributed by atoms with van der Waals surface area (Å²) in [6, 6.07) is -0.721. The van der Waals surface area contributed by atoms with E-state index in [0.717, 1.165) is 12.8 Å². The highest BCUT2D eigenvalue weighted by molar-refractivity contribution is 5.78. The molecule has 0 radical (unpaired) electrons. The Bertz CT molecular complexity index is 507. The van der Waals surface area contributed by atoms with Crippen molar-refractivity contribution in [2.45, 2.75) is 32.7 Å². The lowest BCUT2D eigenvalue weighted by Gasteiger charge is -2.12. The molecule has 0 aliphatic rings. The number of aromatic nitrogens is 3.